The lowest BCUT2D eigenvalue weighted by molar-refractivity contribution is 0.0537. The second-order valence-corrected chi connectivity index (χ2v) is 4.12. The molecule has 0 aliphatic heterocycles. The molecule has 0 unspecified atom stereocenters. The van der Waals surface area contributed by atoms with Crippen LogP contribution in [0.5, 0.6) is 5.75 Å². The Bertz CT molecular complexity index is 656. The second kappa shape index (κ2) is 7.73. The molecule has 0 saturated heterocycles. The van der Waals surface area contributed by atoms with Gasteiger partial charge in [-0.3, -0.25) is 9.63 Å². The average molecular weight is 281 g/mol. The minimum atomic E-state index is -0.321. The Morgan fingerprint density at radius 1 is 1.14 bits per heavy atom. The summed E-state index contributed by atoms with van der Waals surface area (Å²) < 4.78 is 5.50. The summed E-state index contributed by atoms with van der Waals surface area (Å²) in [6, 6.07) is 16.5. The standard InChI is InChI=1S/C17H15NO3/c1-20-18-17(19)15-10-5-11-16(13-15)21-12-6-9-14-7-3-2-4-8-14/h2-5,7-8,10-11,13H,12H2,1H3,(H,18,19). The van der Waals surface area contributed by atoms with Crippen molar-refractivity contribution < 1.29 is 14.4 Å². The molecule has 0 aliphatic carbocycles. The Morgan fingerprint density at radius 3 is 2.71 bits per heavy atom. The van der Waals surface area contributed by atoms with Gasteiger partial charge in [0.1, 0.15) is 12.4 Å². The van der Waals surface area contributed by atoms with Crippen molar-refractivity contribution in [2.24, 2.45) is 0 Å². The first-order valence-electron chi connectivity index (χ1n) is 6.39. The van der Waals surface area contributed by atoms with Gasteiger partial charge in [0.15, 0.2) is 0 Å². The average Bonchev–Trinajstić information content (AvgIpc) is 2.53. The van der Waals surface area contributed by atoms with E-state index in [2.05, 4.69) is 22.2 Å². The van der Waals surface area contributed by atoms with Crippen molar-refractivity contribution >= 4 is 5.91 Å². The van der Waals surface area contributed by atoms with Crippen LogP contribution in [0.25, 0.3) is 0 Å². The zero-order valence-corrected chi connectivity index (χ0v) is 11.6. The van der Waals surface area contributed by atoms with E-state index in [9.17, 15) is 4.79 Å². The molecule has 106 valence electrons. The Hall–Kier alpha value is -2.77. The first-order valence-corrected chi connectivity index (χ1v) is 6.39. The van der Waals surface area contributed by atoms with Crippen LogP contribution in [0.4, 0.5) is 0 Å². The molecule has 0 aromatic heterocycles. The maximum absolute atomic E-state index is 11.6. The molecule has 4 heteroatoms. The Kier molecular flexibility index (Phi) is 5.39. The lowest BCUT2D eigenvalue weighted by atomic mass is 10.2. The summed E-state index contributed by atoms with van der Waals surface area (Å²) in [5, 5.41) is 0. The van der Waals surface area contributed by atoms with Gasteiger partial charge in [0.25, 0.3) is 5.91 Å². The molecule has 0 atom stereocenters. The second-order valence-electron chi connectivity index (χ2n) is 4.12. The lowest BCUT2D eigenvalue weighted by Crippen LogP contribution is -2.21. The van der Waals surface area contributed by atoms with Crippen LogP contribution in [0.2, 0.25) is 0 Å². The van der Waals surface area contributed by atoms with Gasteiger partial charge >= 0.3 is 0 Å². The van der Waals surface area contributed by atoms with Gasteiger partial charge in [-0.1, -0.05) is 36.1 Å². The molecule has 21 heavy (non-hydrogen) atoms. The zero-order chi connectivity index (χ0) is 14.9. The molecule has 4 nitrogen and oxygen atoms in total. The summed E-state index contributed by atoms with van der Waals surface area (Å²) in [6.07, 6.45) is 0. The van der Waals surface area contributed by atoms with Gasteiger partial charge in [-0.05, 0) is 30.3 Å². The minimum Gasteiger partial charge on any atom is -0.481 e. The highest BCUT2D eigenvalue weighted by atomic mass is 16.6. The third kappa shape index (κ3) is 4.68. The van der Waals surface area contributed by atoms with Gasteiger partial charge in [0.05, 0.1) is 7.11 Å². The minimum absolute atomic E-state index is 0.254. The summed E-state index contributed by atoms with van der Waals surface area (Å²) in [4.78, 5) is 16.2. The molecule has 0 heterocycles. The van der Waals surface area contributed by atoms with Crippen LogP contribution in [-0.4, -0.2) is 19.6 Å². The molecule has 0 bridgehead atoms. The summed E-state index contributed by atoms with van der Waals surface area (Å²) >= 11 is 0. The van der Waals surface area contributed by atoms with Crippen LogP contribution in [0, 0.1) is 11.8 Å². The Labute approximate surface area is 123 Å². The van der Waals surface area contributed by atoms with Gasteiger partial charge < -0.3 is 4.74 Å². The van der Waals surface area contributed by atoms with Gasteiger partial charge in [-0.2, -0.15) is 0 Å². The highest BCUT2D eigenvalue weighted by Crippen LogP contribution is 2.13. The number of hydrogen-bond acceptors (Lipinski definition) is 3. The fraction of sp³-hybridized carbons (Fsp3) is 0.118. The molecule has 0 spiro atoms. The monoisotopic (exact) mass is 281 g/mol. The number of ether oxygens (including phenoxy) is 1. The highest BCUT2D eigenvalue weighted by Gasteiger charge is 2.05. The summed E-state index contributed by atoms with van der Waals surface area (Å²) in [7, 11) is 1.39. The maximum Gasteiger partial charge on any atom is 0.274 e. The topological polar surface area (TPSA) is 47.6 Å². The molecular weight excluding hydrogens is 266 g/mol. The number of nitrogens with one attached hydrogen (secondary N) is 1. The molecule has 0 radical (unpaired) electrons. The van der Waals surface area contributed by atoms with Crippen molar-refractivity contribution in [1.82, 2.24) is 5.48 Å². The van der Waals surface area contributed by atoms with Crippen LogP contribution in [0.3, 0.4) is 0 Å². The van der Waals surface area contributed by atoms with E-state index in [0.29, 0.717) is 11.3 Å². The summed E-state index contributed by atoms with van der Waals surface area (Å²) in [5.74, 6) is 6.19. The van der Waals surface area contributed by atoms with Crippen LogP contribution in [-0.2, 0) is 4.84 Å². The van der Waals surface area contributed by atoms with Gasteiger partial charge in [0.2, 0.25) is 0 Å². The third-order valence-electron chi connectivity index (χ3n) is 2.61. The lowest BCUT2D eigenvalue weighted by Gasteiger charge is -2.05. The van der Waals surface area contributed by atoms with E-state index in [0.717, 1.165) is 5.56 Å². The SMILES string of the molecule is CONC(=O)c1cccc(OCC#Cc2ccccc2)c1. The predicted molar refractivity (Wildman–Crippen MR) is 79.7 cm³/mol. The van der Waals surface area contributed by atoms with E-state index >= 15 is 0 Å². The fourth-order valence-corrected chi connectivity index (χ4v) is 1.66. The summed E-state index contributed by atoms with van der Waals surface area (Å²) in [5.41, 5.74) is 3.66. The van der Waals surface area contributed by atoms with E-state index in [1.54, 1.807) is 24.3 Å². The van der Waals surface area contributed by atoms with Crippen LogP contribution in [0.1, 0.15) is 15.9 Å². The number of carbonyl (C=O) groups excluding carboxylic acids is 1. The zero-order valence-electron chi connectivity index (χ0n) is 11.6. The molecule has 2 aromatic rings. The molecule has 2 rings (SSSR count). The smallest absolute Gasteiger partial charge is 0.274 e. The Morgan fingerprint density at radius 2 is 1.95 bits per heavy atom. The van der Waals surface area contributed by atoms with Crippen molar-refractivity contribution in [2.75, 3.05) is 13.7 Å². The van der Waals surface area contributed by atoms with E-state index in [-0.39, 0.29) is 12.5 Å². The van der Waals surface area contributed by atoms with E-state index < -0.39 is 0 Å². The molecular formula is C17H15NO3. The van der Waals surface area contributed by atoms with Crippen LogP contribution < -0.4 is 10.2 Å². The van der Waals surface area contributed by atoms with Crippen molar-refractivity contribution in [3.05, 3.63) is 65.7 Å². The molecule has 0 saturated carbocycles. The fourth-order valence-electron chi connectivity index (χ4n) is 1.66. The van der Waals surface area contributed by atoms with Gasteiger partial charge in [0, 0.05) is 11.1 Å². The Balaban J connectivity index is 1.93. The first-order chi connectivity index (χ1) is 10.3. The maximum atomic E-state index is 11.6. The number of amides is 1. The van der Waals surface area contributed by atoms with Gasteiger partial charge in [-0.15, -0.1) is 0 Å². The molecule has 2 aromatic carbocycles. The quantitative estimate of drug-likeness (QED) is 0.691. The number of hydroxylamine groups is 1. The van der Waals surface area contributed by atoms with Crippen molar-refractivity contribution in [3.63, 3.8) is 0 Å². The number of hydrogen-bond donors (Lipinski definition) is 1. The van der Waals surface area contributed by atoms with Crippen molar-refractivity contribution in [3.8, 4) is 17.6 Å². The van der Waals surface area contributed by atoms with Crippen LogP contribution in [0.15, 0.2) is 54.6 Å². The number of rotatable bonds is 4. The van der Waals surface area contributed by atoms with Crippen molar-refractivity contribution in [1.29, 1.82) is 0 Å². The van der Waals surface area contributed by atoms with Crippen molar-refractivity contribution in [2.45, 2.75) is 0 Å². The normalized spacial score (nSPS) is 9.38. The first kappa shape index (κ1) is 14.6. The van der Waals surface area contributed by atoms with E-state index in [4.69, 9.17) is 4.74 Å². The predicted octanol–water partition coefficient (Wildman–Crippen LogP) is 2.41. The van der Waals surface area contributed by atoms with Crippen LogP contribution >= 0.6 is 0 Å². The highest BCUT2D eigenvalue weighted by molar-refractivity contribution is 5.93. The molecule has 1 N–H and O–H groups in total. The van der Waals surface area contributed by atoms with Gasteiger partial charge in [-0.25, -0.2) is 5.48 Å². The third-order valence-corrected chi connectivity index (χ3v) is 2.61. The van der Waals surface area contributed by atoms with E-state index in [1.165, 1.54) is 7.11 Å². The number of carbonyl (C=O) groups is 1. The van der Waals surface area contributed by atoms with E-state index in [1.807, 2.05) is 30.3 Å². The summed E-state index contributed by atoms with van der Waals surface area (Å²) in [6.45, 7) is 0.254. The number of benzene rings is 2. The molecule has 0 fully saturated rings. The largest absolute Gasteiger partial charge is 0.481 e. The molecule has 1 amide bonds. The molecule has 0 aliphatic rings.